The maximum absolute atomic E-state index is 11.6. The Balaban J connectivity index is 1.81. The van der Waals surface area contributed by atoms with E-state index in [9.17, 15) is 9.90 Å². The molecule has 0 bridgehead atoms. The molecule has 1 aromatic carbocycles. The van der Waals surface area contributed by atoms with Gasteiger partial charge in [-0.3, -0.25) is 9.69 Å². The van der Waals surface area contributed by atoms with Crippen molar-refractivity contribution >= 4 is 5.97 Å². The summed E-state index contributed by atoms with van der Waals surface area (Å²) in [4.78, 5) is 14.1. The van der Waals surface area contributed by atoms with Crippen LogP contribution < -0.4 is 0 Å². The third kappa shape index (κ3) is 3.13. The molecule has 3 unspecified atom stereocenters. The van der Waals surface area contributed by atoms with Crippen LogP contribution in [0.5, 0.6) is 0 Å². The molecule has 2 aliphatic rings. The van der Waals surface area contributed by atoms with Gasteiger partial charge in [-0.1, -0.05) is 44.0 Å². The fraction of sp³-hybridized carbons (Fsp3) is 0.611. The second-order valence-electron chi connectivity index (χ2n) is 6.79. The molecule has 0 aromatic heterocycles. The summed E-state index contributed by atoms with van der Waals surface area (Å²) in [6.07, 6.45) is 6.32. The minimum Gasteiger partial charge on any atom is -0.481 e. The van der Waals surface area contributed by atoms with Crippen molar-refractivity contribution < 1.29 is 9.90 Å². The first-order valence-electron chi connectivity index (χ1n) is 8.20. The van der Waals surface area contributed by atoms with E-state index in [1.54, 1.807) is 0 Å². The molecule has 0 radical (unpaired) electrons. The lowest BCUT2D eigenvalue weighted by atomic mass is 9.88. The van der Waals surface area contributed by atoms with E-state index in [1.807, 2.05) is 18.2 Å². The van der Waals surface area contributed by atoms with E-state index in [0.717, 1.165) is 18.0 Å². The number of carboxylic acids is 1. The van der Waals surface area contributed by atoms with Gasteiger partial charge in [0.2, 0.25) is 0 Å². The van der Waals surface area contributed by atoms with Crippen LogP contribution in [0.25, 0.3) is 0 Å². The van der Waals surface area contributed by atoms with Crippen molar-refractivity contribution in [2.75, 3.05) is 6.54 Å². The quantitative estimate of drug-likeness (QED) is 0.844. The number of aliphatic carboxylic acids is 1. The van der Waals surface area contributed by atoms with Crippen LogP contribution >= 0.6 is 0 Å². The monoisotopic (exact) mass is 287 g/mol. The van der Waals surface area contributed by atoms with Gasteiger partial charge in [-0.15, -0.1) is 0 Å². The van der Waals surface area contributed by atoms with Crippen molar-refractivity contribution in [2.24, 2.45) is 5.92 Å². The number of hydrogen-bond donors (Lipinski definition) is 1. The Morgan fingerprint density at radius 2 is 2.00 bits per heavy atom. The summed E-state index contributed by atoms with van der Waals surface area (Å²) in [5.41, 5.74) is 2.22. The zero-order valence-electron chi connectivity index (χ0n) is 12.8. The highest BCUT2D eigenvalue weighted by atomic mass is 16.4. The van der Waals surface area contributed by atoms with Crippen LogP contribution in [0.1, 0.15) is 56.1 Å². The first-order chi connectivity index (χ1) is 10.1. The molecule has 114 valence electrons. The molecular formula is C18H25NO2. The second-order valence-corrected chi connectivity index (χ2v) is 6.79. The first-order valence-corrected chi connectivity index (χ1v) is 8.20. The van der Waals surface area contributed by atoms with E-state index >= 15 is 0 Å². The third-order valence-corrected chi connectivity index (χ3v) is 5.26. The molecule has 3 rings (SSSR count). The van der Waals surface area contributed by atoms with Gasteiger partial charge in [0.25, 0.3) is 0 Å². The van der Waals surface area contributed by atoms with Crippen LogP contribution in [0.4, 0.5) is 0 Å². The van der Waals surface area contributed by atoms with E-state index in [-0.39, 0.29) is 5.92 Å². The maximum atomic E-state index is 11.6. The molecular weight excluding hydrogens is 262 g/mol. The summed E-state index contributed by atoms with van der Waals surface area (Å²) in [5, 5.41) is 9.57. The smallest absolute Gasteiger partial charge is 0.312 e. The minimum atomic E-state index is -0.686. The number of carbonyl (C=O) groups is 1. The fourth-order valence-electron chi connectivity index (χ4n) is 3.96. The zero-order valence-corrected chi connectivity index (χ0v) is 12.8. The highest BCUT2D eigenvalue weighted by molar-refractivity contribution is 5.77. The van der Waals surface area contributed by atoms with Gasteiger partial charge in [0.05, 0.1) is 5.92 Å². The lowest BCUT2D eigenvalue weighted by Gasteiger charge is -2.38. The van der Waals surface area contributed by atoms with Crippen molar-refractivity contribution in [3.8, 4) is 0 Å². The molecule has 3 heteroatoms. The Labute approximate surface area is 127 Å². The molecule has 1 aliphatic heterocycles. The summed E-state index contributed by atoms with van der Waals surface area (Å²) in [6.45, 7) is 3.93. The lowest BCUT2D eigenvalue weighted by Crippen LogP contribution is -2.42. The summed E-state index contributed by atoms with van der Waals surface area (Å²) in [6, 6.07) is 8.62. The molecule has 0 spiro atoms. The Hall–Kier alpha value is -1.35. The Kier molecular flexibility index (Phi) is 4.29. The number of carboxylic acid groups (broad SMARTS) is 1. The number of hydrogen-bond acceptors (Lipinski definition) is 2. The molecule has 1 aromatic rings. The second kappa shape index (κ2) is 6.18. The van der Waals surface area contributed by atoms with Crippen LogP contribution in [0.15, 0.2) is 24.3 Å². The molecule has 0 amide bonds. The highest BCUT2D eigenvalue weighted by Crippen LogP contribution is 2.33. The van der Waals surface area contributed by atoms with E-state index < -0.39 is 5.97 Å². The van der Waals surface area contributed by atoms with Crippen LogP contribution in [0, 0.1) is 5.92 Å². The Morgan fingerprint density at radius 1 is 1.19 bits per heavy atom. The predicted molar refractivity (Wildman–Crippen MR) is 83.3 cm³/mol. The maximum Gasteiger partial charge on any atom is 0.312 e. The Bertz CT molecular complexity index is 514. The van der Waals surface area contributed by atoms with Gasteiger partial charge in [-0.05, 0) is 36.3 Å². The fourth-order valence-corrected chi connectivity index (χ4v) is 3.96. The normalized spacial score (nSPS) is 30.4. The average molecular weight is 287 g/mol. The van der Waals surface area contributed by atoms with Crippen LogP contribution in [0.3, 0.4) is 0 Å². The van der Waals surface area contributed by atoms with Crippen molar-refractivity contribution in [1.82, 2.24) is 4.90 Å². The summed E-state index contributed by atoms with van der Waals surface area (Å²) in [7, 11) is 0. The summed E-state index contributed by atoms with van der Waals surface area (Å²) < 4.78 is 0. The van der Waals surface area contributed by atoms with Gasteiger partial charge in [-0.2, -0.15) is 0 Å². The summed E-state index contributed by atoms with van der Waals surface area (Å²) in [5.74, 6) is -0.230. The third-order valence-electron chi connectivity index (χ3n) is 5.26. The first kappa shape index (κ1) is 14.6. The number of fused-ring (bicyclic) bond motifs is 1. The van der Waals surface area contributed by atoms with Gasteiger partial charge in [0.15, 0.2) is 0 Å². The van der Waals surface area contributed by atoms with Gasteiger partial charge in [0.1, 0.15) is 0 Å². The molecule has 1 fully saturated rings. The van der Waals surface area contributed by atoms with Crippen LogP contribution in [0.2, 0.25) is 0 Å². The number of benzene rings is 1. The van der Waals surface area contributed by atoms with Gasteiger partial charge in [0, 0.05) is 19.1 Å². The average Bonchev–Trinajstić information content (AvgIpc) is 2.70. The molecule has 1 N–H and O–H groups in total. The van der Waals surface area contributed by atoms with E-state index in [2.05, 4.69) is 17.9 Å². The molecule has 3 nitrogen and oxygen atoms in total. The molecule has 1 aliphatic carbocycles. The minimum absolute atomic E-state index is 0.365. The van der Waals surface area contributed by atoms with Gasteiger partial charge < -0.3 is 5.11 Å². The van der Waals surface area contributed by atoms with Crippen molar-refractivity contribution in [3.63, 3.8) is 0 Å². The van der Waals surface area contributed by atoms with Crippen LogP contribution in [-0.4, -0.2) is 28.6 Å². The van der Waals surface area contributed by atoms with E-state index in [1.165, 1.54) is 37.7 Å². The largest absolute Gasteiger partial charge is 0.481 e. The van der Waals surface area contributed by atoms with Crippen LogP contribution in [-0.2, 0) is 11.3 Å². The van der Waals surface area contributed by atoms with Gasteiger partial charge >= 0.3 is 5.97 Å². The molecule has 1 heterocycles. The number of rotatable bonds is 2. The molecule has 0 saturated heterocycles. The van der Waals surface area contributed by atoms with Gasteiger partial charge in [-0.25, -0.2) is 0 Å². The highest BCUT2D eigenvalue weighted by Gasteiger charge is 2.33. The zero-order chi connectivity index (χ0) is 14.8. The molecule has 1 saturated carbocycles. The topological polar surface area (TPSA) is 40.5 Å². The summed E-state index contributed by atoms with van der Waals surface area (Å²) >= 11 is 0. The number of nitrogens with zero attached hydrogens (tertiary/aromatic N) is 1. The van der Waals surface area contributed by atoms with E-state index in [0.29, 0.717) is 12.6 Å². The lowest BCUT2D eigenvalue weighted by molar-refractivity contribution is -0.139. The van der Waals surface area contributed by atoms with Crippen molar-refractivity contribution in [2.45, 2.75) is 57.5 Å². The van der Waals surface area contributed by atoms with E-state index in [4.69, 9.17) is 0 Å². The van der Waals surface area contributed by atoms with Crippen molar-refractivity contribution in [3.05, 3.63) is 35.4 Å². The SMILES string of the molecule is CC1CCCC(N2Cc3ccccc3C(C(=O)O)C2)CC1. The van der Waals surface area contributed by atoms with Crippen molar-refractivity contribution in [1.29, 1.82) is 0 Å². The Morgan fingerprint density at radius 3 is 2.81 bits per heavy atom. The predicted octanol–water partition coefficient (Wildman–Crippen LogP) is 3.64. The standard InChI is InChI=1S/C18H25NO2/c1-13-5-4-7-15(10-9-13)19-11-14-6-2-3-8-16(14)17(12-19)18(20)21/h2-3,6,8,13,15,17H,4-5,7,9-12H2,1H3,(H,20,21). The molecule has 21 heavy (non-hydrogen) atoms. The molecule has 3 atom stereocenters.